The first-order valence-corrected chi connectivity index (χ1v) is 28.0. The van der Waals surface area contributed by atoms with E-state index in [4.69, 9.17) is 9.97 Å². The highest BCUT2D eigenvalue weighted by Gasteiger charge is 2.51. The number of hydrogen-bond acceptors (Lipinski definition) is 4. The van der Waals surface area contributed by atoms with Gasteiger partial charge in [-0.3, -0.25) is 4.90 Å². The van der Waals surface area contributed by atoms with Crippen molar-refractivity contribution in [3.63, 3.8) is 0 Å². The third-order valence-electron chi connectivity index (χ3n) is 14.3. The average Bonchev–Trinajstić information content (AvgIpc) is 3.97. The SMILES string of the molecule is Cn1c(-c2cccc([Si](c3ccccc3)(c3ccccc3)c3ccc4c(c3)N(c3ccccn3)c3c(ccc5c3sc3ccccc35)[Si]4(c3ccccc3)c3ccccc3)c2)nc2ccccc21. The Morgan fingerprint density at radius 1 is 0.485 bits per heavy atom. The molecule has 0 spiro atoms. The second kappa shape index (κ2) is 16.1. The maximum Gasteiger partial charge on any atom is 0.184 e. The molecule has 0 fully saturated rings. The lowest BCUT2D eigenvalue weighted by Crippen LogP contribution is -2.78. The summed E-state index contributed by atoms with van der Waals surface area (Å²) < 4.78 is 4.79. The predicted molar refractivity (Wildman–Crippen MR) is 292 cm³/mol. The number of nitrogens with zero attached hydrogens (tertiary/aromatic N) is 4. The van der Waals surface area contributed by atoms with E-state index in [1.165, 1.54) is 73.0 Å². The summed E-state index contributed by atoms with van der Waals surface area (Å²) in [5, 5.41) is 13.2. The van der Waals surface area contributed by atoms with E-state index in [1.54, 1.807) is 0 Å². The highest BCUT2D eigenvalue weighted by Crippen LogP contribution is 2.46. The lowest BCUT2D eigenvalue weighted by molar-refractivity contribution is 0.959. The Bertz CT molecular complexity index is 3740. The van der Waals surface area contributed by atoms with Gasteiger partial charge in [0.1, 0.15) is 11.6 Å². The molecule has 9 aromatic carbocycles. The first-order chi connectivity index (χ1) is 33.7. The second-order valence-corrected chi connectivity index (χ2v) is 26.3. The summed E-state index contributed by atoms with van der Waals surface area (Å²) in [6.45, 7) is 0. The number of benzene rings is 9. The second-order valence-electron chi connectivity index (χ2n) is 17.7. The number of pyridine rings is 1. The highest BCUT2D eigenvalue weighted by molar-refractivity contribution is 7.27. The monoisotopic (exact) mass is 920 g/mol. The minimum atomic E-state index is -3.15. The van der Waals surface area contributed by atoms with E-state index in [-0.39, 0.29) is 0 Å². The zero-order chi connectivity index (χ0) is 45.2. The Labute approximate surface area is 401 Å². The van der Waals surface area contributed by atoms with Crippen LogP contribution in [-0.2, 0) is 7.05 Å². The molecule has 0 aliphatic carbocycles. The van der Waals surface area contributed by atoms with Gasteiger partial charge in [0.05, 0.1) is 21.4 Å². The van der Waals surface area contributed by atoms with E-state index >= 15 is 0 Å². The molecule has 3 aromatic heterocycles. The largest absolute Gasteiger partial charge is 0.327 e. The molecule has 0 bridgehead atoms. The van der Waals surface area contributed by atoms with E-state index in [0.29, 0.717) is 0 Å². The van der Waals surface area contributed by atoms with Crippen LogP contribution in [0.4, 0.5) is 17.2 Å². The van der Waals surface area contributed by atoms with Gasteiger partial charge >= 0.3 is 0 Å². The molecular weight excluding hydrogens is 877 g/mol. The number of anilines is 3. The summed E-state index contributed by atoms with van der Waals surface area (Å²) >= 11 is 1.90. The summed E-state index contributed by atoms with van der Waals surface area (Å²) in [6, 6.07) is 90.7. The van der Waals surface area contributed by atoms with Crippen molar-refractivity contribution in [2.45, 2.75) is 0 Å². The molecule has 322 valence electrons. The third-order valence-corrected chi connectivity index (χ3v) is 25.1. The van der Waals surface area contributed by atoms with E-state index < -0.39 is 16.1 Å². The average molecular weight is 921 g/mol. The number of aromatic nitrogens is 3. The molecule has 68 heavy (non-hydrogen) atoms. The summed E-state index contributed by atoms with van der Waals surface area (Å²) in [5.74, 6) is 1.85. The van der Waals surface area contributed by atoms with Gasteiger partial charge < -0.3 is 4.57 Å². The van der Waals surface area contributed by atoms with Gasteiger partial charge in [0.15, 0.2) is 16.1 Å². The van der Waals surface area contributed by atoms with Crippen LogP contribution >= 0.6 is 11.3 Å². The molecule has 4 nitrogen and oxygen atoms in total. The third kappa shape index (κ3) is 5.96. The van der Waals surface area contributed by atoms with Gasteiger partial charge in [-0.05, 0) is 77.9 Å². The number of para-hydroxylation sites is 2. The molecule has 7 heteroatoms. The van der Waals surface area contributed by atoms with Crippen LogP contribution in [0.25, 0.3) is 42.6 Å². The summed E-state index contributed by atoms with van der Waals surface area (Å²) in [5.41, 5.74) is 5.60. The van der Waals surface area contributed by atoms with Crippen molar-refractivity contribution in [1.82, 2.24) is 14.5 Å². The Morgan fingerprint density at radius 3 is 1.78 bits per heavy atom. The number of hydrogen-bond donors (Lipinski definition) is 0. The first kappa shape index (κ1) is 40.3. The predicted octanol–water partition coefficient (Wildman–Crippen LogP) is 9.54. The van der Waals surface area contributed by atoms with E-state index in [9.17, 15) is 0 Å². The number of thiophene rings is 1. The van der Waals surface area contributed by atoms with Gasteiger partial charge in [0, 0.05) is 40.0 Å². The Kier molecular flexibility index (Phi) is 9.57. The molecule has 0 unspecified atom stereocenters. The molecule has 0 saturated heterocycles. The van der Waals surface area contributed by atoms with Gasteiger partial charge in [-0.1, -0.05) is 206 Å². The van der Waals surface area contributed by atoms with Gasteiger partial charge in [0.2, 0.25) is 0 Å². The van der Waals surface area contributed by atoms with Crippen LogP contribution in [0.15, 0.2) is 249 Å². The van der Waals surface area contributed by atoms with Crippen LogP contribution in [0, 0.1) is 0 Å². The molecule has 13 rings (SSSR count). The van der Waals surface area contributed by atoms with Crippen molar-refractivity contribution in [1.29, 1.82) is 0 Å². The van der Waals surface area contributed by atoms with Crippen molar-refractivity contribution in [3.05, 3.63) is 249 Å². The zero-order valence-electron chi connectivity index (χ0n) is 37.4. The van der Waals surface area contributed by atoms with Crippen LogP contribution in [-0.4, -0.2) is 30.7 Å². The summed E-state index contributed by atoms with van der Waals surface area (Å²) in [6.07, 6.45) is 1.94. The standard InChI is InChI=1S/C61H44N4SSi2/c1-64-53-33-16-15-32-52(53)63-61(64)43-21-20-30-48(41-43)67(44-22-6-2-7-23-44,45-24-8-3-9-25-45)49-36-38-56-54(42-49)65(58-35-18-19-40-62-58)59-57(39-37-51-50-31-14-17-34-55(50)66-60(51)59)68(56,46-26-10-4-11-27-46)47-28-12-5-13-29-47/h2-42H,1H3. The number of rotatable bonds is 8. The highest BCUT2D eigenvalue weighted by atomic mass is 32.1. The molecule has 4 heterocycles. The summed E-state index contributed by atoms with van der Waals surface area (Å²) in [7, 11) is -4.09. The summed E-state index contributed by atoms with van der Waals surface area (Å²) in [4.78, 5) is 13.0. The molecule has 0 radical (unpaired) electrons. The quantitative estimate of drug-likeness (QED) is 0.113. The van der Waals surface area contributed by atoms with Crippen molar-refractivity contribution >= 4 is 117 Å². The Hall–Kier alpha value is -7.95. The number of fused-ring (bicyclic) bond motifs is 7. The smallest absolute Gasteiger partial charge is 0.184 e. The van der Waals surface area contributed by atoms with E-state index in [1.807, 2.05) is 23.6 Å². The maximum atomic E-state index is 5.24. The Balaban J connectivity index is 1.18. The van der Waals surface area contributed by atoms with Gasteiger partial charge in [0.25, 0.3) is 0 Å². The molecule has 0 N–H and O–H groups in total. The number of imidazole rings is 1. The lowest BCUT2D eigenvalue weighted by atomic mass is 10.1. The van der Waals surface area contributed by atoms with Crippen molar-refractivity contribution in [2.75, 3.05) is 4.90 Å². The maximum absolute atomic E-state index is 5.24. The fourth-order valence-electron chi connectivity index (χ4n) is 11.4. The normalized spacial score (nSPS) is 13.2. The molecule has 0 saturated carbocycles. The zero-order valence-corrected chi connectivity index (χ0v) is 40.2. The van der Waals surface area contributed by atoms with Gasteiger partial charge in [-0.25, -0.2) is 9.97 Å². The Morgan fingerprint density at radius 2 is 1.09 bits per heavy atom. The first-order valence-electron chi connectivity index (χ1n) is 23.2. The minimum Gasteiger partial charge on any atom is -0.327 e. The molecule has 1 aliphatic rings. The van der Waals surface area contributed by atoms with E-state index in [0.717, 1.165) is 28.2 Å². The van der Waals surface area contributed by atoms with E-state index in [2.05, 4.69) is 253 Å². The molecule has 1 aliphatic heterocycles. The van der Waals surface area contributed by atoms with Crippen LogP contribution in [0.2, 0.25) is 0 Å². The molecule has 0 amide bonds. The minimum absolute atomic E-state index is 0.899. The van der Waals surface area contributed by atoms with Crippen LogP contribution in [0.3, 0.4) is 0 Å². The molecule has 12 aromatic rings. The van der Waals surface area contributed by atoms with Gasteiger partial charge in [-0.2, -0.15) is 0 Å². The lowest BCUT2D eigenvalue weighted by Gasteiger charge is -2.45. The van der Waals surface area contributed by atoms with Crippen molar-refractivity contribution < 1.29 is 0 Å². The fourth-order valence-corrected chi connectivity index (χ4v) is 22.6. The van der Waals surface area contributed by atoms with Crippen molar-refractivity contribution in [2.24, 2.45) is 7.05 Å². The number of aryl methyl sites for hydroxylation is 1. The van der Waals surface area contributed by atoms with Crippen LogP contribution in [0.1, 0.15) is 0 Å². The van der Waals surface area contributed by atoms with Gasteiger partial charge in [-0.15, -0.1) is 11.3 Å². The van der Waals surface area contributed by atoms with Crippen molar-refractivity contribution in [3.8, 4) is 11.4 Å². The fraction of sp³-hybridized carbons (Fsp3) is 0.0164. The topological polar surface area (TPSA) is 34.0 Å². The molecule has 0 atom stereocenters. The molecular formula is C61H44N4SSi2. The van der Waals surface area contributed by atoms with Crippen LogP contribution in [0.5, 0.6) is 0 Å². The van der Waals surface area contributed by atoms with Crippen LogP contribution < -0.4 is 46.4 Å².